The van der Waals surface area contributed by atoms with Crippen LogP contribution in [0.15, 0.2) is 12.1 Å². The van der Waals surface area contributed by atoms with Crippen LogP contribution in [0, 0.1) is 5.92 Å². The third-order valence-corrected chi connectivity index (χ3v) is 5.31. The fraction of sp³-hybridized carbons (Fsp3) is 0.643. The first-order valence-electron chi connectivity index (χ1n) is 6.91. The standard InChI is InChI=1S/C14H18ClNO3S/c1-14(18-7-8-19-14)10-3-2-6-16(9-10)13(17)11-4-5-12(15)20-11/h4-5,10H,2-3,6-9H2,1H3/t10-/m1/s1. The molecule has 0 radical (unpaired) electrons. The number of carbonyl (C=O) groups excluding carboxylic acids is 1. The predicted molar refractivity (Wildman–Crippen MR) is 78.3 cm³/mol. The molecule has 1 atom stereocenters. The van der Waals surface area contributed by atoms with E-state index in [-0.39, 0.29) is 11.8 Å². The number of halogens is 1. The molecule has 3 rings (SSSR count). The Labute approximate surface area is 127 Å². The van der Waals surface area contributed by atoms with E-state index in [1.54, 1.807) is 12.1 Å². The van der Waals surface area contributed by atoms with Crippen molar-refractivity contribution in [1.82, 2.24) is 4.90 Å². The lowest BCUT2D eigenvalue weighted by molar-refractivity contribution is -0.189. The molecule has 3 heterocycles. The molecule has 20 heavy (non-hydrogen) atoms. The van der Waals surface area contributed by atoms with Crippen LogP contribution >= 0.6 is 22.9 Å². The second-order valence-corrected chi connectivity index (χ2v) is 7.12. The van der Waals surface area contributed by atoms with Crippen LogP contribution in [0.3, 0.4) is 0 Å². The lowest BCUT2D eigenvalue weighted by atomic mass is 9.90. The molecule has 2 saturated heterocycles. The predicted octanol–water partition coefficient (Wildman–Crippen LogP) is 3.02. The third kappa shape index (κ3) is 2.72. The quantitative estimate of drug-likeness (QED) is 0.842. The first-order valence-corrected chi connectivity index (χ1v) is 8.10. The van der Waals surface area contributed by atoms with Crippen LogP contribution < -0.4 is 0 Å². The minimum Gasteiger partial charge on any atom is -0.347 e. The average Bonchev–Trinajstić information content (AvgIpc) is 3.08. The van der Waals surface area contributed by atoms with E-state index in [9.17, 15) is 4.79 Å². The highest BCUT2D eigenvalue weighted by atomic mass is 35.5. The largest absolute Gasteiger partial charge is 0.347 e. The zero-order valence-electron chi connectivity index (χ0n) is 11.4. The Hall–Kier alpha value is -0.620. The summed E-state index contributed by atoms with van der Waals surface area (Å²) in [5, 5.41) is 0. The van der Waals surface area contributed by atoms with E-state index in [0.717, 1.165) is 19.4 Å². The smallest absolute Gasteiger partial charge is 0.263 e. The Morgan fingerprint density at radius 2 is 2.20 bits per heavy atom. The zero-order chi connectivity index (χ0) is 14.2. The van der Waals surface area contributed by atoms with Gasteiger partial charge in [0.15, 0.2) is 5.79 Å². The van der Waals surface area contributed by atoms with Gasteiger partial charge in [-0.3, -0.25) is 4.79 Å². The summed E-state index contributed by atoms with van der Waals surface area (Å²) in [5.41, 5.74) is 0. The van der Waals surface area contributed by atoms with Gasteiger partial charge in [0.05, 0.1) is 22.4 Å². The van der Waals surface area contributed by atoms with Crippen molar-refractivity contribution >= 4 is 28.8 Å². The molecule has 0 saturated carbocycles. The maximum Gasteiger partial charge on any atom is 0.263 e. The molecule has 110 valence electrons. The lowest BCUT2D eigenvalue weighted by Gasteiger charge is -2.39. The Balaban J connectivity index is 1.70. The molecule has 0 aromatic carbocycles. The Morgan fingerprint density at radius 3 is 2.85 bits per heavy atom. The number of thiophene rings is 1. The summed E-state index contributed by atoms with van der Waals surface area (Å²) in [6, 6.07) is 3.56. The van der Waals surface area contributed by atoms with Crippen LogP contribution in [0.5, 0.6) is 0 Å². The van der Waals surface area contributed by atoms with Gasteiger partial charge in [0, 0.05) is 19.0 Å². The lowest BCUT2D eigenvalue weighted by Crippen LogP contribution is -2.48. The Kier molecular flexibility index (Phi) is 4.04. The van der Waals surface area contributed by atoms with Crippen molar-refractivity contribution in [2.75, 3.05) is 26.3 Å². The van der Waals surface area contributed by atoms with Crippen molar-refractivity contribution in [3.05, 3.63) is 21.3 Å². The molecule has 2 aliphatic heterocycles. The number of rotatable bonds is 2. The van der Waals surface area contributed by atoms with Crippen LogP contribution in [0.4, 0.5) is 0 Å². The van der Waals surface area contributed by atoms with Gasteiger partial charge in [0.2, 0.25) is 0 Å². The van der Waals surface area contributed by atoms with E-state index in [1.165, 1.54) is 11.3 Å². The minimum absolute atomic E-state index is 0.0631. The maximum absolute atomic E-state index is 12.5. The highest BCUT2D eigenvalue weighted by Gasteiger charge is 2.42. The molecule has 0 spiro atoms. The molecule has 4 nitrogen and oxygen atoms in total. The topological polar surface area (TPSA) is 38.8 Å². The summed E-state index contributed by atoms with van der Waals surface area (Å²) in [4.78, 5) is 15.1. The average molecular weight is 316 g/mol. The van der Waals surface area contributed by atoms with Gasteiger partial charge in [-0.05, 0) is 31.9 Å². The minimum atomic E-state index is -0.536. The van der Waals surface area contributed by atoms with E-state index in [4.69, 9.17) is 21.1 Å². The number of likely N-dealkylation sites (tertiary alicyclic amines) is 1. The van der Waals surface area contributed by atoms with Gasteiger partial charge in [-0.2, -0.15) is 0 Å². The van der Waals surface area contributed by atoms with E-state index < -0.39 is 5.79 Å². The van der Waals surface area contributed by atoms with Gasteiger partial charge in [0.1, 0.15) is 0 Å². The van der Waals surface area contributed by atoms with Crippen molar-refractivity contribution in [2.45, 2.75) is 25.6 Å². The normalized spacial score (nSPS) is 25.9. The number of carbonyl (C=O) groups is 1. The Morgan fingerprint density at radius 1 is 1.45 bits per heavy atom. The van der Waals surface area contributed by atoms with Gasteiger partial charge < -0.3 is 14.4 Å². The number of piperidine rings is 1. The van der Waals surface area contributed by atoms with E-state index in [0.29, 0.717) is 29.0 Å². The fourth-order valence-electron chi connectivity index (χ4n) is 2.94. The third-order valence-electron chi connectivity index (χ3n) is 4.09. The van der Waals surface area contributed by atoms with E-state index in [1.807, 2.05) is 11.8 Å². The summed E-state index contributed by atoms with van der Waals surface area (Å²) in [7, 11) is 0. The van der Waals surface area contributed by atoms with E-state index in [2.05, 4.69) is 0 Å². The molecule has 0 bridgehead atoms. The van der Waals surface area contributed by atoms with Crippen molar-refractivity contribution in [2.24, 2.45) is 5.92 Å². The second-order valence-electron chi connectivity index (χ2n) is 5.41. The van der Waals surface area contributed by atoms with Crippen LogP contribution in [0.25, 0.3) is 0 Å². The first-order chi connectivity index (χ1) is 9.58. The highest BCUT2D eigenvalue weighted by Crippen LogP contribution is 2.35. The number of hydrogen-bond donors (Lipinski definition) is 0. The summed E-state index contributed by atoms with van der Waals surface area (Å²) in [6.07, 6.45) is 2.02. The molecule has 0 N–H and O–H groups in total. The summed E-state index contributed by atoms with van der Waals surface area (Å²) in [6.45, 7) is 4.75. The van der Waals surface area contributed by atoms with Gasteiger partial charge in [-0.1, -0.05) is 11.6 Å². The van der Waals surface area contributed by atoms with Crippen LogP contribution in [0.1, 0.15) is 29.4 Å². The zero-order valence-corrected chi connectivity index (χ0v) is 13.0. The summed E-state index contributed by atoms with van der Waals surface area (Å²) < 4.78 is 12.1. The molecular formula is C14H18ClNO3S. The molecule has 1 aromatic heterocycles. The summed E-state index contributed by atoms with van der Waals surface area (Å²) in [5.74, 6) is -0.238. The molecule has 0 aliphatic carbocycles. The monoisotopic (exact) mass is 315 g/mol. The fourth-order valence-corrected chi connectivity index (χ4v) is 3.95. The maximum atomic E-state index is 12.5. The highest BCUT2D eigenvalue weighted by molar-refractivity contribution is 7.17. The van der Waals surface area contributed by atoms with Gasteiger partial charge >= 0.3 is 0 Å². The second kappa shape index (κ2) is 5.64. The van der Waals surface area contributed by atoms with Gasteiger partial charge in [0.25, 0.3) is 5.91 Å². The van der Waals surface area contributed by atoms with Gasteiger partial charge in [-0.15, -0.1) is 11.3 Å². The molecule has 6 heteroatoms. The number of nitrogens with zero attached hydrogens (tertiary/aromatic N) is 1. The molecular weight excluding hydrogens is 298 g/mol. The van der Waals surface area contributed by atoms with E-state index >= 15 is 0 Å². The Bertz CT molecular complexity index is 498. The van der Waals surface area contributed by atoms with Crippen molar-refractivity contribution in [1.29, 1.82) is 0 Å². The SMILES string of the molecule is CC1([C@@H]2CCCN(C(=O)c3ccc(Cl)s3)C2)OCCO1. The van der Waals surface area contributed by atoms with Crippen LogP contribution in [0.2, 0.25) is 4.34 Å². The van der Waals surface area contributed by atoms with Crippen LogP contribution in [-0.4, -0.2) is 42.9 Å². The number of ether oxygens (including phenoxy) is 2. The van der Waals surface area contributed by atoms with Crippen LogP contribution in [-0.2, 0) is 9.47 Å². The van der Waals surface area contributed by atoms with Crippen molar-refractivity contribution < 1.29 is 14.3 Å². The molecule has 0 unspecified atom stereocenters. The van der Waals surface area contributed by atoms with Crippen molar-refractivity contribution in [3.63, 3.8) is 0 Å². The number of amides is 1. The first kappa shape index (κ1) is 14.3. The van der Waals surface area contributed by atoms with Gasteiger partial charge in [-0.25, -0.2) is 0 Å². The molecule has 2 aliphatic rings. The van der Waals surface area contributed by atoms with Crippen molar-refractivity contribution in [3.8, 4) is 0 Å². The molecule has 1 aromatic rings. The summed E-state index contributed by atoms with van der Waals surface area (Å²) >= 11 is 7.24. The molecule has 1 amide bonds. The number of hydrogen-bond acceptors (Lipinski definition) is 4. The molecule has 2 fully saturated rings.